The van der Waals surface area contributed by atoms with Gasteiger partial charge in [0.05, 0.1) is 8.07 Å². The van der Waals surface area contributed by atoms with Gasteiger partial charge < -0.3 is 0 Å². The van der Waals surface area contributed by atoms with Gasteiger partial charge in [-0.3, -0.25) is 0 Å². The van der Waals surface area contributed by atoms with Gasteiger partial charge in [0.25, 0.3) is 0 Å². The van der Waals surface area contributed by atoms with Crippen molar-refractivity contribution in [2.75, 3.05) is 0 Å². The fourth-order valence-electron chi connectivity index (χ4n) is 2.17. The summed E-state index contributed by atoms with van der Waals surface area (Å²) >= 11 is 6.11. The van der Waals surface area contributed by atoms with E-state index in [1.54, 1.807) is 0 Å². The first kappa shape index (κ1) is 13.4. The molecule has 0 aliphatic rings. The first-order valence-corrected chi connectivity index (χ1v) is 9.98. The molecule has 0 amide bonds. The average molecular weight is 275 g/mol. The number of rotatable bonds is 3. The van der Waals surface area contributed by atoms with E-state index in [1.807, 2.05) is 12.1 Å². The standard InChI is InChI=1S/C16H19ClSi/c1-4-18(2,3)16-11-6-5-10-15(16)13-8-7-9-14(17)12-13/h5-12H,4H2,1-3H3. The number of benzene rings is 2. The van der Waals surface area contributed by atoms with E-state index in [0.29, 0.717) is 0 Å². The van der Waals surface area contributed by atoms with Crippen LogP contribution < -0.4 is 5.19 Å². The van der Waals surface area contributed by atoms with E-state index in [1.165, 1.54) is 22.4 Å². The Labute approximate surface area is 116 Å². The van der Waals surface area contributed by atoms with E-state index in [2.05, 4.69) is 56.4 Å². The predicted octanol–water partition coefficient (Wildman–Crippen LogP) is 4.94. The van der Waals surface area contributed by atoms with Gasteiger partial charge in [-0.2, -0.15) is 0 Å². The Morgan fingerprint density at radius 2 is 1.72 bits per heavy atom. The third-order valence-corrected chi connectivity index (χ3v) is 7.57. The summed E-state index contributed by atoms with van der Waals surface area (Å²) in [6.07, 6.45) is 0. The molecular weight excluding hydrogens is 256 g/mol. The van der Waals surface area contributed by atoms with Gasteiger partial charge in [0.2, 0.25) is 0 Å². The zero-order chi connectivity index (χ0) is 13.2. The summed E-state index contributed by atoms with van der Waals surface area (Å²) < 4.78 is 0. The van der Waals surface area contributed by atoms with Crippen molar-refractivity contribution in [3.63, 3.8) is 0 Å². The lowest BCUT2D eigenvalue weighted by molar-refractivity contribution is 1.37. The minimum absolute atomic E-state index is 0.804. The molecule has 2 heteroatoms. The molecule has 0 N–H and O–H groups in total. The Morgan fingerprint density at radius 3 is 2.39 bits per heavy atom. The highest BCUT2D eigenvalue weighted by molar-refractivity contribution is 6.90. The maximum absolute atomic E-state index is 6.11. The van der Waals surface area contributed by atoms with Gasteiger partial charge in [0, 0.05) is 5.02 Å². The molecule has 0 radical (unpaired) electrons. The summed E-state index contributed by atoms with van der Waals surface area (Å²) in [5, 5.41) is 2.33. The van der Waals surface area contributed by atoms with Crippen LogP contribution in [0.25, 0.3) is 11.1 Å². The van der Waals surface area contributed by atoms with Crippen molar-refractivity contribution >= 4 is 24.9 Å². The molecule has 2 aromatic carbocycles. The smallest absolute Gasteiger partial charge is 0.0811 e. The van der Waals surface area contributed by atoms with Crippen molar-refractivity contribution in [2.45, 2.75) is 26.1 Å². The maximum atomic E-state index is 6.11. The number of halogens is 1. The second-order valence-electron chi connectivity index (χ2n) is 5.29. The van der Waals surface area contributed by atoms with Crippen LogP contribution in [0.3, 0.4) is 0 Å². The lowest BCUT2D eigenvalue weighted by Gasteiger charge is -2.24. The second kappa shape index (κ2) is 5.29. The minimum Gasteiger partial charge on any atom is -0.0843 e. The van der Waals surface area contributed by atoms with E-state index >= 15 is 0 Å². The quantitative estimate of drug-likeness (QED) is 0.695. The average Bonchev–Trinajstić information content (AvgIpc) is 2.39. The van der Waals surface area contributed by atoms with Crippen LogP contribution in [0.2, 0.25) is 24.2 Å². The van der Waals surface area contributed by atoms with Gasteiger partial charge in [-0.05, 0) is 23.3 Å². The van der Waals surface area contributed by atoms with E-state index in [4.69, 9.17) is 11.6 Å². The summed E-state index contributed by atoms with van der Waals surface area (Å²) in [5.41, 5.74) is 2.57. The van der Waals surface area contributed by atoms with E-state index in [-0.39, 0.29) is 0 Å². The normalized spacial score (nSPS) is 11.6. The maximum Gasteiger partial charge on any atom is 0.0811 e. The minimum atomic E-state index is -1.34. The van der Waals surface area contributed by atoms with Gasteiger partial charge in [0.15, 0.2) is 0 Å². The van der Waals surface area contributed by atoms with Crippen LogP contribution in [0, 0.1) is 0 Å². The molecule has 0 aromatic heterocycles. The molecule has 0 saturated carbocycles. The molecule has 0 fully saturated rings. The van der Waals surface area contributed by atoms with Crippen molar-refractivity contribution < 1.29 is 0 Å². The molecular formula is C16H19ClSi. The molecule has 0 saturated heterocycles. The molecule has 0 bridgehead atoms. The fourth-order valence-corrected chi connectivity index (χ4v) is 4.25. The summed E-state index contributed by atoms with van der Waals surface area (Å²) in [5.74, 6) is 0. The lowest BCUT2D eigenvalue weighted by atomic mass is 10.1. The van der Waals surface area contributed by atoms with Crippen LogP contribution >= 0.6 is 11.6 Å². The Bertz CT molecular complexity index is 546. The summed E-state index contributed by atoms with van der Waals surface area (Å²) in [7, 11) is -1.34. The van der Waals surface area contributed by atoms with Crippen molar-refractivity contribution in [3.05, 3.63) is 53.6 Å². The van der Waals surface area contributed by atoms with Crippen LogP contribution in [-0.2, 0) is 0 Å². The number of hydrogen-bond acceptors (Lipinski definition) is 0. The zero-order valence-corrected chi connectivity index (χ0v) is 13.0. The van der Waals surface area contributed by atoms with Crippen molar-refractivity contribution in [2.24, 2.45) is 0 Å². The van der Waals surface area contributed by atoms with Crippen LogP contribution in [0.5, 0.6) is 0 Å². The molecule has 0 nitrogen and oxygen atoms in total. The summed E-state index contributed by atoms with van der Waals surface area (Å²) in [4.78, 5) is 0. The monoisotopic (exact) mass is 274 g/mol. The van der Waals surface area contributed by atoms with Gasteiger partial charge in [-0.25, -0.2) is 0 Å². The van der Waals surface area contributed by atoms with Crippen LogP contribution in [0.15, 0.2) is 48.5 Å². The first-order valence-electron chi connectivity index (χ1n) is 6.40. The van der Waals surface area contributed by atoms with Gasteiger partial charge in [-0.1, -0.05) is 79.2 Å². The molecule has 2 aromatic rings. The Kier molecular flexibility index (Phi) is 3.93. The molecule has 0 heterocycles. The van der Waals surface area contributed by atoms with Gasteiger partial charge in [-0.15, -0.1) is 0 Å². The van der Waals surface area contributed by atoms with Gasteiger partial charge >= 0.3 is 0 Å². The van der Waals surface area contributed by atoms with E-state index in [0.717, 1.165) is 5.02 Å². The molecule has 0 atom stereocenters. The highest BCUT2D eigenvalue weighted by atomic mass is 35.5. The molecule has 2 rings (SSSR count). The van der Waals surface area contributed by atoms with E-state index in [9.17, 15) is 0 Å². The van der Waals surface area contributed by atoms with Crippen molar-refractivity contribution in [1.82, 2.24) is 0 Å². The zero-order valence-electron chi connectivity index (χ0n) is 11.2. The third kappa shape index (κ3) is 2.68. The van der Waals surface area contributed by atoms with Crippen molar-refractivity contribution in [3.8, 4) is 11.1 Å². The van der Waals surface area contributed by atoms with E-state index < -0.39 is 8.07 Å². The molecule has 0 spiro atoms. The third-order valence-electron chi connectivity index (χ3n) is 3.68. The molecule has 0 aliphatic carbocycles. The van der Waals surface area contributed by atoms with Crippen molar-refractivity contribution in [1.29, 1.82) is 0 Å². The van der Waals surface area contributed by atoms with Crippen LogP contribution in [-0.4, -0.2) is 8.07 Å². The second-order valence-corrected chi connectivity index (χ2v) is 10.7. The topological polar surface area (TPSA) is 0 Å². The molecule has 18 heavy (non-hydrogen) atoms. The summed E-state index contributed by atoms with van der Waals surface area (Å²) in [6.45, 7) is 7.15. The predicted molar refractivity (Wildman–Crippen MR) is 84.5 cm³/mol. The molecule has 94 valence electrons. The SMILES string of the molecule is CC[Si](C)(C)c1ccccc1-c1cccc(Cl)c1. The van der Waals surface area contributed by atoms with Crippen LogP contribution in [0.4, 0.5) is 0 Å². The molecule has 0 unspecified atom stereocenters. The van der Waals surface area contributed by atoms with Gasteiger partial charge in [0.1, 0.15) is 0 Å². The Hall–Kier alpha value is -1.05. The highest BCUT2D eigenvalue weighted by Gasteiger charge is 2.23. The summed E-state index contributed by atoms with van der Waals surface area (Å²) in [6, 6.07) is 18.2. The number of hydrogen-bond donors (Lipinski definition) is 0. The lowest BCUT2D eigenvalue weighted by Crippen LogP contribution is -2.41. The fraction of sp³-hybridized carbons (Fsp3) is 0.250. The Balaban J connectivity index is 2.59. The highest BCUT2D eigenvalue weighted by Crippen LogP contribution is 2.24. The largest absolute Gasteiger partial charge is 0.0843 e. The Morgan fingerprint density at radius 1 is 1.00 bits per heavy atom. The first-order chi connectivity index (χ1) is 8.54. The van der Waals surface area contributed by atoms with Crippen LogP contribution in [0.1, 0.15) is 6.92 Å². The molecule has 0 aliphatic heterocycles.